The Balaban J connectivity index is 2.79. The summed E-state index contributed by atoms with van der Waals surface area (Å²) in [5.74, 6) is -2.17. The summed E-state index contributed by atoms with van der Waals surface area (Å²) in [5.41, 5.74) is 5.33. The Hall–Kier alpha value is -0.950. The molecule has 6 nitrogen and oxygen atoms in total. The van der Waals surface area contributed by atoms with Gasteiger partial charge in [0.15, 0.2) is 5.79 Å². The molecule has 0 spiro atoms. The number of hydrogen-bond donors (Lipinski definition) is 3. The molecule has 6 heteroatoms. The minimum atomic E-state index is -1.41. The molecule has 92 valence electrons. The molecule has 1 rings (SSSR count). The van der Waals surface area contributed by atoms with Crippen LogP contribution in [0.15, 0.2) is 12.7 Å². The minimum Gasteiger partial charge on any atom is -0.480 e. The van der Waals surface area contributed by atoms with Crippen LogP contribution < -0.4 is 5.73 Å². The molecule has 0 aromatic rings. The molecule has 0 radical (unpaired) electrons. The molecule has 1 fully saturated rings. The quantitative estimate of drug-likeness (QED) is 0.562. The van der Waals surface area contributed by atoms with E-state index in [1.54, 1.807) is 13.8 Å². The van der Waals surface area contributed by atoms with E-state index >= 15 is 0 Å². The maximum Gasteiger partial charge on any atom is 0.323 e. The van der Waals surface area contributed by atoms with E-state index < -0.39 is 36.1 Å². The van der Waals surface area contributed by atoms with Gasteiger partial charge in [-0.25, -0.2) is 0 Å². The highest BCUT2D eigenvalue weighted by molar-refractivity contribution is 5.74. The van der Waals surface area contributed by atoms with Gasteiger partial charge in [0, 0.05) is 0 Å². The monoisotopic (exact) mass is 231 g/mol. The largest absolute Gasteiger partial charge is 0.480 e. The van der Waals surface area contributed by atoms with Crippen LogP contribution in [0.2, 0.25) is 0 Å². The van der Waals surface area contributed by atoms with E-state index in [2.05, 4.69) is 6.58 Å². The zero-order chi connectivity index (χ0) is 12.5. The summed E-state index contributed by atoms with van der Waals surface area (Å²) in [6.07, 6.45) is -1.28. The summed E-state index contributed by atoms with van der Waals surface area (Å²) >= 11 is 0. The molecule has 0 bridgehead atoms. The zero-order valence-corrected chi connectivity index (χ0v) is 9.29. The van der Waals surface area contributed by atoms with Crippen molar-refractivity contribution in [2.75, 3.05) is 0 Å². The molecule has 0 amide bonds. The first-order valence-corrected chi connectivity index (χ1v) is 4.93. The van der Waals surface area contributed by atoms with E-state index in [1.807, 2.05) is 0 Å². The molecule has 4 N–H and O–H groups in total. The lowest BCUT2D eigenvalue weighted by molar-refractivity contribution is -0.160. The number of aliphatic hydroxyl groups is 1. The fourth-order valence-corrected chi connectivity index (χ4v) is 1.61. The second-order valence-corrected chi connectivity index (χ2v) is 4.16. The Bertz CT molecular complexity index is 291. The van der Waals surface area contributed by atoms with Crippen molar-refractivity contribution in [1.29, 1.82) is 0 Å². The van der Waals surface area contributed by atoms with Gasteiger partial charge >= 0.3 is 5.97 Å². The lowest BCUT2D eigenvalue weighted by Crippen LogP contribution is -2.51. The maximum atomic E-state index is 10.6. The topological polar surface area (TPSA) is 102 Å². The summed E-state index contributed by atoms with van der Waals surface area (Å²) in [6.45, 7) is 6.88. The normalized spacial score (nSPS) is 32.0. The van der Waals surface area contributed by atoms with Gasteiger partial charge in [0.25, 0.3) is 0 Å². The Labute approximate surface area is 93.6 Å². The van der Waals surface area contributed by atoms with Gasteiger partial charge < -0.3 is 25.4 Å². The van der Waals surface area contributed by atoms with Gasteiger partial charge in [0.1, 0.15) is 24.4 Å². The second-order valence-electron chi connectivity index (χ2n) is 4.16. The van der Waals surface area contributed by atoms with Gasteiger partial charge in [0.2, 0.25) is 0 Å². The van der Waals surface area contributed by atoms with Crippen LogP contribution in [0.1, 0.15) is 13.8 Å². The summed E-state index contributed by atoms with van der Waals surface area (Å²) in [5, 5.41) is 18.5. The predicted octanol–water partition coefficient (Wildman–Crippen LogP) is -0.535. The smallest absolute Gasteiger partial charge is 0.323 e. The summed E-state index contributed by atoms with van der Waals surface area (Å²) in [4.78, 5) is 10.6. The first-order valence-electron chi connectivity index (χ1n) is 4.93. The number of carbonyl (C=O) groups is 1. The zero-order valence-electron chi connectivity index (χ0n) is 9.29. The van der Waals surface area contributed by atoms with Crippen molar-refractivity contribution >= 4 is 5.97 Å². The first kappa shape index (κ1) is 13.1. The molecular weight excluding hydrogens is 214 g/mol. The summed E-state index contributed by atoms with van der Waals surface area (Å²) in [6, 6.07) is -1.41. The van der Waals surface area contributed by atoms with E-state index in [9.17, 15) is 9.90 Å². The fraction of sp³-hybridized carbons (Fsp3) is 0.700. The van der Waals surface area contributed by atoms with Crippen molar-refractivity contribution in [3.8, 4) is 0 Å². The molecule has 0 unspecified atom stereocenters. The van der Waals surface area contributed by atoms with Crippen molar-refractivity contribution in [2.45, 2.75) is 44.0 Å². The lowest BCUT2D eigenvalue weighted by atomic mass is 10.0. The SMILES string of the molecule is C=C[C@@H]1OC(C)(C)O[C@@H]1[C@H](O)[C@H](N)C(=O)O. The maximum absolute atomic E-state index is 10.6. The molecular formula is C10H17NO5. The van der Waals surface area contributed by atoms with Crippen LogP contribution in [0.25, 0.3) is 0 Å². The summed E-state index contributed by atoms with van der Waals surface area (Å²) < 4.78 is 10.8. The van der Waals surface area contributed by atoms with Crippen LogP contribution in [-0.4, -0.2) is 46.3 Å². The number of rotatable bonds is 4. The van der Waals surface area contributed by atoms with Crippen molar-refractivity contribution < 1.29 is 24.5 Å². The number of aliphatic carboxylic acids is 1. The Morgan fingerprint density at radius 3 is 2.56 bits per heavy atom. The van der Waals surface area contributed by atoms with Gasteiger partial charge in [0.05, 0.1) is 0 Å². The van der Waals surface area contributed by atoms with Gasteiger partial charge in [-0.15, -0.1) is 6.58 Å². The Kier molecular flexibility index (Phi) is 3.69. The average molecular weight is 231 g/mol. The average Bonchev–Trinajstić information content (AvgIpc) is 2.51. The molecule has 0 aliphatic carbocycles. The van der Waals surface area contributed by atoms with Crippen molar-refractivity contribution in [3.63, 3.8) is 0 Å². The molecule has 1 aliphatic heterocycles. The van der Waals surface area contributed by atoms with Gasteiger partial charge in [-0.05, 0) is 13.8 Å². The van der Waals surface area contributed by atoms with E-state index in [0.29, 0.717) is 0 Å². The minimum absolute atomic E-state index is 0.574. The highest BCUT2D eigenvalue weighted by Crippen LogP contribution is 2.31. The van der Waals surface area contributed by atoms with Crippen molar-refractivity contribution in [3.05, 3.63) is 12.7 Å². The Morgan fingerprint density at radius 1 is 1.56 bits per heavy atom. The van der Waals surface area contributed by atoms with Crippen LogP contribution in [0, 0.1) is 0 Å². The van der Waals surface area contributed by atoms with Crippen molar-refractivity contribution in [1.82, 2.24) is 0 Å². The summed E-state index contributed by atoms with van der Waals surface area (Å²) in [7, 11) is 0. The second kappa shape index (κ2) is 4.50. The lowest BCUT2D eigenvalue weighted by Gasteiger charge is -2.23. The fourth-order valence-electron chi connectivity index (χ4n) is 1.61. The number of nitrogens with two attached hydrogens (primary N) is 1. The number of carboxylic acids is 1. The highest BCUT2D eigenvalue weighted by atomic mass is 16.8. The van der Waals surface area contributed by atoms with Gasteiger partial charge in [-0.2, -0.15) is 0 Å². The molecule has 1 heterocycles. The number of carboxylic acid groups (broad SMARTS) is 1. The third-order valence-electron chi connectivity index (χ3n) is 2.39. The van der Waals surface area contributed by atoms with Crippen LogP contribution in [-0.2, 0) is 14.3 Å². The number of hydrogen-bond acceptors (Lipinski definition) is 5. The number of aliphatic hydroxyl groups excluding tert-OH is 1. The van der Waals surface area contributed by atoms with Crippen LogP contribution in [0.4, 0.5) is 0 Å². The molecule has 0 aromatic heterocycles. The molecule has 1 saturated heterocycles. The van der Waals surface area contributed by atoms with Crippen LogP contribution in [0.3, 0.4) is 0 Å². The third kappa shape index (κ3) is 2.59. The molecule has 0 saturated carbocycles. The van der Waals surface area contributed by atoms with E-state index in [0.717, 1.165) is 0 Å². The first-order chi connectivity index (χ1) is 7.28. The highest BCUT2D eigenvalue weighted by Gasteiger charge is 2.46. The van der Waals surface area contributed by atoms with E-state index in [4.69, 9.17) is 20.3 Å². The van der Waals surface area contributed by atoms with Crippen molar-refractivity contribution in [2.24, 2.45) is 5.73 Å². The number of ether oxygens (including phenoxy) is 2. The van der Waals surface area contributed by atoms with E-state index in [1.165, 1.54) is 6.08 Å². The predicted molar refractivity (Wildman–Crippen MR) is 55.6 cm³/mol. The molecule has 1 aliphatic rings. The van der Waals surface area contributed by atoms with Gasteiger partial charge in [-0.3, -0.25) is 4.79 Å². The molecule has 16 heavy (non-hydrogen) atoms. The molecule has 4 atom stereocenters. The van der Waals surface area contributed by atoms with Crippen LogP contribution in [0.5, 0.6) is 0 Å². The van der Waals surface area contributed by atoms with Crippen LogP contribution >= 0.6 is 0 Å². The van der Waals surface area contributed by atoms with E-state index in [-0.39, 0.29) is 0 Å². The van der Waals surface area contributed by atoms with Gasteiger partial charge in [-0.1, -0.05) is 6.08 Å². The standard InChI is InChI=1S/C10H17NO5/c1-4-5-8(16-10(2,3)15-5)7(12)6(11)9(13)14/h4-8,12H,1,11H2,2-3H3,(H,13,14)/t5-,6-,7+,8-/m0/s1. The Morgan fingerprint density at radius 2 is 2.12 bits per heavy atom. The molecule has 0 aromatic carbocycles. The third-order valence-corrected chi connectivity index (χ3v) is 2.39.